The van der Waals surface area contributed by atoms with E-state index < -0.39 is 59.3 Å². The standard InChI is InChI=1S/C44H41ClF4N8O6/c1-25(2)63-38(61)28-7-5-26(6-8-28)27-9-15-31(16-10-27)52-37(60)36(59)51-23-42(3,4)22-50-35(58)33-18-17-32(21-34(33)46)53-39-54-40(56-41(55-39)62-24-44(47,48)49)57-43(19-20-43)29-11-13-30(45)14-12-29/h5-18,21H,1,19-20,22-24H2,2-4H3,(H,50,58)(H,51,59)(H,52,60)(H2,53,54,55,56,57). The molecule has 63 heavy (non-hydrogen) atoms. The molecular weight excluding hydrogens is 848 g/mol. The molecule has 0 radical (unpaired) electrons. The van der Waals surface area contributed by atoms with Crippen molar-refractivity contribution >= 4 is 58.6 Å². The lowest BCUT2D eigenvalue weighted by Gasteiger charge is -2.25. The Hall–Kier alpha value is -7.08. The highest BCUT2D eigenvalue weighted by atomic mass is 35.5. The molecule has 0 bridgehead atoms. The molecule has 328 valence electrons. The predicted octanol–water partition coefficient (Wildman–Crippen LogP) is 8.32. The monoisotopic (exact) mass is 888 g/mol. The van der Waals surface area contributed by atoms with E-state index in [4.69, 9.17) is 21.1 Å². The molecule has 14 nitrogen and oxygen atoms in total. The molecule has 1 fully saturated rings. The Balaban J connectivity index is 1.00. The summed E-state index contributed by atoms with van der Waals surface area (Å²) in [5.41, 5.74) is 1.53. The largest absolute Gasteiger partial charge is 0.454 e. The van der Waals surface area contributed by atoms with Crippen molar-refractivity contribution in [1.82, 2.24) is 25.6 Å². The zero-order chi connectivity index (χ0) is 45.5. The Kier molecular flexibility index (Phi) is 13.6. The van der Waals surface area contributed by atoms with Gasteiger partial charge in [0.25, 0.3) is 5.91 Å². The summed E-state index contributed by atoms with van der Waals surface area (Å²) >= 11 is 6.03. The minimum atomic E-state index is -4.67. The van der Waals surface area contributed by atoms with Crippen LogP contribution in [0.15, 0.2) is 103 Å². The molecule has 6 rings (SSSR count). The zero-order valence-corrected chi connectivity index (χ0v) is 34.8. The van der Waals surface area contributed by atoms with Crippen molar-refractivity contribution in [3.8, 4) is 17.1 Å². The minimum Gasteiger partial charge on any atom is -0.454 e. The maximum Gasteiger partial charge on any atom is 0.422 e. The smallest absolute Gasteiger partial charge is 0.422 e. The van der Waals surface area contributed by atoms with Crippen LogP contribution in [0, 0.1) is 11.2 Å². The van der Waals surface area contributed by atoms with Crippen LogP contribution in [0.5, 0.6) is 6.01 Å². The molecule has 0 aliphatic heterocycles. The van der Waals surface area contributed by atoms with Crippen LogP contribution < -0.4 is 31.3 Å². The topological polar surface area (TPSA) is 186 Å². The molecule has 0 atom stereocenters. The lowest BCUT2D eigenvalue weighted by atomic mass is 9.93. The maximum absolute atomic E-state index is 15.3. The molecule has 5 aromatic rings. The third kappa shape index (κ3) is 12.7. The van der Waals surface area contributed by atoms with Crippen LogP contribution in [-0.4, -0.2) is 64.5 Å². The second kappa shape index (κ2) is 18.9. The van der Waals surface area contributed by atoms with Gasteiger partial charge in [0.1, 0.15) is 5.82 Å². The van der Waals surface area contributed by atoms with Gasteiger partial charge < -0.3 is 36.1 Å². The first-order valence-electron chi connectivity index (χ1n) is 19.3. The van der Waals surface area contributed by atoms with Crippen LogP contribution in [-0.2, 0) is 19.9 Å². The van der Waals surface area contributed by atoms with Gasteiger partial charge in [-0.15, -0.1) is 0 Å². The van der Waals surface area contributed by atoms with Crippen molar-refractivity contribution in [1.29, 1.82) is 0 Å². The first-order chi connectivity index (χ1) is 29.8. The maximum atomic E-state index is 15.3. The highest BCUT2D eigenvalue weighted by molar-refractivity contribution is 6.39. The summed E-state index contributed by atoms with van der Waals surface area (Å²) in [6, 6.07) is 23.4. The number of esters is 1. The minimum absolute atomic E-state index is 0.0243. The van der Waals surface area contributed by atoms with Crippen LogP contribution in [0.4, 0.5) is 40.8 Å². The fourth-order valence-corrected chi connectivity index (χ4v) is 6.13. The van der Waals surface area contributed by atoms with E-state index in [9.17, 15) is 32.3 Å². The van der Waals surface area contributed by atoms with Crippen LogP contribution in [0.3, 0.4) is 0 Å². The number of hydrogen-bond donors (Lipinski definition) is 5. The van der Waals surface area contributed by atoms with Crippen LogP contribution in [0.1, 0.15) is 59.9 Å². The molecule has 1 aromatic heterocycles. The Bertz CT molecular complexity index is 2520. The van der Waals surface area contributed by atoms with Gasteiger partial charge >= 0.3 is 30.0 Å². The molecule has 0 spiro atoms. The van der Waals surface area contributed by atoms with Crippen molar-refractivity contribution < 1.29 is 46.2 Å². The van der Waals surface area contributed by atoms with Gasteiger partial charge in [-0.3, -0.25) is 14.4 Å². The number of ether oxygens (including phenoxy) is 2. The third-order valence-electron chi connectivity index (χ3n) is 9.47. The first kappa shape index (κ1) is 45.4. The summed E-state index contributed by atoms with van der Waals surface area (Å²) in [4.78, 5) is 62.6. The van der Waals surface area contributed by atoms with E-state index in [1.54, 1.807) is 81.4 Å². The molecular formula is C44H41ClF4N8O6. The molecule has 19 heteroatoms. The molecule has 1 aliphatic carbocycles. The average molecular weight is 889 g/mol. The zero-order valence-electron chi connectivity index (χ0n) is 34.1. The summed E-state index contributed by atoms with van der Waals surface area (Å²) in [6.07, 6.45) is -3.32. The van der Waals surface area contributed by atoms with Gasteiger partial charge in [0.05, 0.1) is 22.4 Å². The highest BCUT2D eigenvalue weighted by Crippen LogP contribution is 2.48. The number of nitrogens with zero attached hydrogens (tertiary/aromatic N) is 3. The number of aromatic nitrogens is 3. The molecule has 4 aromatic carbocycles. The molecule has 1 aliphatic rings. The number of hydrogen-bond acceptors (Lipinski definition) is 11. The Morgan fingerprint density at radius 2 is 1.40 bits per heavy atom. The van der Waals surface area contributed by atoms with Crippen molar-refractivity contribution in [2.75, 3.05) is 35.6 Å². The van der Waals surface area contributed by atoms with E-state index in [-0.39, 0.29) is 42.0 Å². The second-order valence-corrected chi connectivity index (χ2v) is 15.9. The Morgan fingerprint density at radius 1 is 0.794 bits per heavy atom. The van der Waals surface area contributed by atoms with Gasteiger partial charge in [0, 0.05) is 29.5 Å². The van der Waals surface area contributed by atoms with Gasteiger partial charge in [-0.05, 0) is 96.5 Å². The second-order valence-electron chi connectivity index (χ2n) is 15.4. The fourth-order valence-electron chi connectivity index (χ4n) is 6.01. The predicted molar refractivity (Wildman–Crippen MR) is 227 cm³/mol. The normalized spacial score (nSPS) is 13.0. The number of benzene rings is 4. The van der Waals surface area contributed by atoms with Crippen LogP contribution in [0.2, 0.25) is 5.02 Å². The summed E-state index contributed by atoms with van der Waals surface area (Å²) in [5.74, 6) is -4.13. The molecule has 1 saturated carbocycles. The van der Waals surface area contributed by atoms with Crippen molar-refractivity contribution in [3.63, 3.8) is 0 Å². The molecule has 0 saturated heterocycles. The Labute approximate surface area is 363 Å². The van der Waals surface area contributed by atoms with Gasteiger partial charge in [-0.1, -0.05) is 68.4 Å². The number of carbonyl (C=O) groups excluding carboxylic acids is 4. The van der Waals surface area contributed by atoms with Crippen LogP contribution in [0.25, 0.3) is 11.1 Å². The third-order valence-corrected chi connectivity index (χ3v) is 9.72. The lowest BCUT2D eigenvalue weighted by molar-refractivity contribution is -0.154. The number of halogens is 5. The van der Waals surface area contributed by atoms with E-state index in [1.807, 2.05) is 12.1 Å². The number of carbonyl (C=O) groups is 4. The van der Waals surface area contributed by atoms with E-state index in [1.165, 1.54) is 12.1 Å². The molecule has 0 unspecified atom stereocenters. The van der Waals surface area contributed by atoms with Crippen molar-refractivity contribution in [3.05, 3.63) is 131 Å². The van der Waals surface area contributed by atoms with Gasteiger partial charge in [0.2, 0.25) is 11.9 Å². The SMILES string of the molecule is C=C(C)OC(=O)c1ccc(-c2ccc(NC(=O)C(=O)NCC(C)(C)CNC(=O)c3ccc(Nc4nc(NC5(c6ccc(Cl)cc6)CC5)nc(OCC(F)(F)F)n4)cc3F)cc2)cc1. The number of anilines is 4. The number of alkyl halides is 3. The highest BCUT2D eigenvalue weighted by Gasteiger charge is 2.45. The molecule has 1 heterocycles. The van der Waals surface area contributed by atoms with Gasteiger partial charge in [-0.2, -0.15) is 28.1 Å². The van der Waals surface area contributed by atoms with E-state index in [2.05, 4.69) is 48.1 Å². The summed E-state index contributed by atoms with van der Waals surface area (Å²) < 4.78 is 64.1. The van der Waals surface area contributed by atoms with E-state index in [0.717, 1.165) is 22.8 Å². The molecule has 5 N–H and O–H groups in total. The van der Waals surface area contributed by atoms with Crippen molar-refractivity contribution in [2.45, 2.75) is 45.3 Å². The van der Waals surface area contributed by atoms with Gasteiger partial charge in [-0.25, -0.2) is 9.18 Å². The summed E-state index contributed by atoms with van der Waals surface area (Å²) in [6.45, 7) is 6.84. The lowest BCUT2D eigenvalue weighted by Crippen LogP contribution is -2.45. The van der Waals surface area contributed by atoms with Crippen LogP contribution >= 0.6 is 11.6 Å². The van der Waals surface area contributed by atoms with E-state index >= 15 is 4.39 Å². The van der Waals surface area contributed by atoms with E-state index in [0.29, 0.717) is 29.1 Å². The number of rotatable bonds is 16. The Morgan fingerprint density at radius 3 is 2.00 bits per heavy atom. The first-order valence-corrected chi connectivity index (χ1v) is 19.7. The summed E-state index contributed by atoms with van der Waals surface area (Å²) in [7, 11) is 0. The summed E-state index contributed by atoms with van der Waals surface area (Å²) in [5, 5.41) is 14.1. The average Bonchev–Trinajstić information content (AvgIpc) is 4.01. The number of nitrogens with one attached hydrogen (secondary N) is 5. The fraction of sp³-hybridized carbons (Fsp3) is 0.250. The van der Waals surface area contributed by atoms with Gasteiger partial charge in [0.15, 0.2) is 6.61 Å². The quantitative estimate of drug-likeness (QED) is 0.0278. The molecule has 3 amide bonds. The number of amides is 3. The van der Waals surface area contributed by atoms with Crippen molar-refractivity contribution in [2.24, 2.45) is 5.41 Å². The number of allylic oxidation sites excluding steroid dienone is 1.